The van der Waals surface area contributed by atoms with E-state index in [0.717, 1.165) is 17.1 Å². The molecule has 66 valence electrons. The van der Waals surface area contributed by atoms with Crippen LogP contribution in [0.15, 0.2) is 23.7 Å². The third-order valence-electron chi connectivity index (χ3n) is 1.89. The van der Waals surface area contributed by atoms with E-state index in [2.05, 4.69) is 21.4 Å². The van der Waals surface area contributed by atoms with E-state index in [1.165, 1.54) is 4.88 Å². The summed E-state index contributed by atoms with van der Waals surface area (Å²) in [6.07, 6.45) is 1.89. The Morgan fingerprint density at radius 1 is 1.31 bits per heavy atom. The van der Waals surface area contributed by atoms with Gasteiger partial charge in [0.2, 0.25) is 0 Å². The van der Waals surface area contributed by atoms with Crippen LogP contribution in [0.1, 0.15) is 11.5 Å². The number of aromatic nitrogens is 2. The molecule has 2 heterocycles. The van der Waals surface area contributed by atoms with Crippen molar-refractivity contribution in [2.75, 3.05) is 0 Å². The number of aryl methyl sites for hydroxylation is 2. The number of thiophene rings is 1. The van der Waals surface area contributed by atoms with Crippen molar-refractivity contribution in [1.82, 2.24) is 9.97 Å². The van der Waals surface area contributed by atoms with Crippen LogP contribution >= 0.6 is 11.3 Å². The highest BCUT2D eigenvalue weighted by molar-refractivity contribution is 7.13. The van der Waals surface area contributed by atoms with E-state index in [-0.39, 0.29) is 0 Å². The average Bonchev–Trinajstić information content (AvgIpc) is 2.56. The van der Waals surface area contributed by atoms with Gasteiger partial charge in [0.25, 0.3) is 0 Å². The Kier molecular flexibility index (Phi) is 2.10. The van der Waals surface area contributed by atoms with Crippen molar-refractivity contribution in [2.24, 2.45) is 0 Å². The molecule has 0 radical (unpaired) electrons. The molecule has 2 aromatic rings. The van der Waals surface area contributed by atoms with E-state index in [9.17, 15) is 0 Å². The topological polar surface area (TPSA) is 25.8 Å². The van der Waals surface area contributed by atoms with Crippen LogP contribution < -0.4 is 0 Å². The number of hydrogen-bond donors (Lipinski definition) is 0. The molecule has 2 aromatic heterocycles. The van der Waals surface area contributed by atoms with Gasteiger partial charge in [-0.05, 0) is 25.3 Å². The van der Waals surface area contributed by atoms with Gasteiger partial charge in [0.1, 0.15) is 5.82 Å². The lowest BCUT2D eigenvalue weighted by Crippen LogP contribution is -1.92. The van der Waals surface area contributed by atoms with Gasteiger partial charge in [-0.2, -0.15) is 0 Å². The van der Waals surface area contributed by atoms with Gasteiger partial charge in [-0.3, -0.25) is 0 Å². The molecule has 2 nitrogen and oxygen atoms in total. The zero-order valence-electron chi connectivity index (χ0n) is 7.61. The fraction of sp³-hybridized carbons (Fsp3) is 0.200. The lowest BCUT2D eigenvalue weighted by molar-refractivity contribution is 1.02. The second-order valence-electron chi connectivity index (χ2n) is 2.89. The second-order valence-corrected chi connectivity index (χ2v) is 3.84. The van der Waals surface area contributed by atoms with Crippen molar-refractivity contribution in [3.05, 3.63) is 35.2 Å². The number of nitrogens with zero attached hydrogens (tertiary/aromatic N) is 2. The summed E-state index contributed by atoms with van der Waals surface area (Å²) in [6, 6.07) is 4.13. The van der Waals surface area contributed by atoms with E-state index in [0.29, 0.717) is 0 Å². The van der Waals surface area contributed by atoms with E-state index in [1.54, 1.807) is 11.3 Å². The van der Waals surface area contributed by atoms with Gasteiger partial charge >= 0.3 is 0 Å². The molecule has 0 bridgehead atoms. The van der Waals surface area contributed by atoms with Gasteiger partial charge in [0, 0.05) is 22.3 Å². The number of rotatable bonds is 1. The molecular weight excluding hydrogens is 180 g/mol. The molecule has 0 unspecified atom stereocenters. The van der Waals surface area contributed by atoms with Crippen LogP contribution in [0.3, 0.4) is 0 Å². The summed E-state index contributed by atoms with van der Waals surface area (Å²) < 4.78 is 0. The largest absolute Gasteiger partial charge is 0.241 e. The maximum Gasteiger partial charge on any atom is 0.125 e. The first kappa shape index (κ1) is 8.38. The van der Waals surface area contributed by atoms with E-state index in [4.69, 9.17) is 0 Å². The van der Waals surface area contributed by atoms with Crippen LogP contribution in [0.25, 0.3) is 10.4 Å². The average molecular weight is 190 g/mol. The van der Waals surface area contributed by atoms with Crippen LogP contribution in [0, 0.1) is 13.8 Å². The molecule has 0 spiro atoms. The van der Waals surface area contributed by atoms with Crippen molar-refractivity contribution in [3.8, 4) is 10.4 Å². The lowest BCUT2D eigenvalue weighted by atomic mass is 10.2. The van der Waals surface area contributed by atoms with Crippen LogP contribution in [0.2, 0.25) is 0 Å². The summed E-state index contributed by atoms with van der Waals surface area (Å²) in [5.74, 6) is 0.831. The monoisotopic (exact) mass is 190 g/mol. The minimum absolute atomic E-state index is 0.831. The van der Waals surface area contributed by atoms with Gasteiger partial charge < -0.3 is 0 Å². The molecule has 0 aliphatic rings. The van der Waals surface area contributed by atoms with Gasteiger partial charge in [-0.1, -0.05) is 6.07 Å². The first-order valence-corrected chi connectivity index (χ1v) is 4.99. The molecule has 0 saturated carbocycles. The molecule has 0 amide bonds. The molecule has 0 atom stereocenters. The Balaban J connectivity index is 2.53. The highest BCUT2D eigenvalue weighted by Crippen LogP contribution is 2.25. The molecule has 0 fully saturated rings. The van der Waals surface area contributed by atoms with E-state index >= 15 is 0 Å². The Labute approximate surface area is 81.3 Å². The van der Waals surface area contributed by atoms with Crippen molar-refractivity contribution in [3.63, 3.8) is 0 Å². The highest BCUT2D eigenvalue weighted by Gasteiger charge is 2.03. The minimum Gasteiger partial charge on any atom is -0.241 e. The van der Waals surface area contributed by atoms with Crippen molar-refractivity contribution < 1.29 is 0 Å². The van der Waals surface area contributed by atoms with E-state index < -0.39 is 0 Å². The molecular formula is C10H10N2S. The first-order valence-electron chi connectivity index (χ1n) is 4.11. The third kappa shape index (κ3) is 1.60. The first-order chi connectivity index (χ1) is 6.27. The fourth-order valence-corrected chi connectivity index (χ4v) is 2.05. The molecule has 0 aromatic carbocycles. The summed E-state index contributed by atoms with van der Waals surface area (Å²) in [7, 11) is 0. The summed E-state index contributed by atoms with van der Waals surface area (Å²) in [6.45, 7) is 3.93. The van der Waals surface area contributed by atoms with Crippen LogP contribution in [-0.4, -0.2) is 9.97 Å². The van der Waals surface area contributed by atoms with Gasteiger partial charge in [0.05, 0.1) is 0 Å². The summed E-state index contributed by atoms with van der Waals surface area (Å²) in [5, 5.41) is 2.06. The Bertz CT molecular complexity index is 407. The minimum atomic E-state index is 0.831. The van der Waals surface area contributed by atoms with Crippen molar-refractivity contribution >= 4 is 11.3 Å². The second kappa shape index (κ2) is 3.26. The molecule has 2 rings (SSSR count). The molecule has 3 heteroatoms. The van der Waals surface area contributed by atoms with Gasteiger partial charge in [-0.15, -0.1) is 11.3 Å². The Hall–Kier alpha value is -1.22. The smallest absolute Gasteiger partial charge is 0.125 e. The fourth-order valence-electron chi connectivity index (χ4n) is 1.26. The quantitative estimate of drug-likeness (QED) is 0.691. The van der Waals surface area contributed by atoms with Gasteiger partial charge in [0.15, 0.2) is 0 Å². The predicted octanol–water partition coefficient (Wildman–Crippen LogP) is 2.82. The third-order valence-corrected chi connectivity index (χ3v) is 2.79. The normalized spacial score (nSPS) is 10.3. The van der Waals surface area contributed by atoms with Crippen LogP contribution in [0.5, 0.6) is 0 Å². The standard InChI is InChI=1S/C10H10N2S/c1-7-9(6-11-8(2)12-7)10-4-3-5-13-10/h3-6H,1-2H3. The van der Waals surface area contributed by atoms with Crippen LogP contribution in [0.4, 0.5) is 0 Å². The lowest BCUT2D eigenvalue weighted by Gasteiger charge is -2.01. The van der Waals surface area contributed by atoms with Crippen LogP contribution in [-0.2, 0) is 0 Å². The maximum atomic E-state index is 4.33. The van der Waals surface area contributed by atoms with Crippen molar-refractivity contribution in [1.29, 1.82) is 0 Å². The summed E-state index contributed by atoms with van der Waals surface area (Å²) in [5.41, 5.74) is 2.19. The zero-order valence-corrected chi connectivity index (χ0v) is 8.43. The molecule has 0 N–H and O–H groups in total. The van der Waals surface area contributed by atoms with Gasteiger partial charge in [-0.25, -0.2) is 9.97 Å². The molecule has 0 saturated heterocycles. The Morgan fingerprint density at radius 3 is 2.77 bits per heavy atom. The summed E-state index contributed by atoms with van der Waals surface area (Å²) in [4.78, 5) is 9.75. The number of hydrogen-bond acceptors (Lipinski definition) is 3. The maximum absolute atomic E-state index is 4.33. The SMILES string of the molecule is Cc1ncc(-c2cccs2)c(C)n1. The van der Waals surface area contributed by atoms with E-state index in [1.807, 2.05) is 26.1 Å². The molecule has 0 aliphatic heterocycles. The predicted molar refractivity (Wildman–Crippen MR) is 54.8 cm³/mol. The van der Waals surface area contributed by atoms with Crippen molar-refractivity contribution in [2.45, 2.75) is 13.8 Å². The Morgan fingerprint density at radius 2 is 2.15 bits per heavy atom. The summed E-state index contributed by atoms with van der Waals surface area (Å²) >= 11 is 1.72. The molecule has 13 heavy (non-hydrogen) atoms. The molecule has 0 aliphatic carbocycles. The highest BCUT2D eigenvalue weighted by atomic mass is 32.1. The zero-order chi connectivity index (χ0) is 9.26.